The molecule has 0 heterocycles. The van der Waals surface area contributed by atoms with Gasteiger partial charge in [-0.15, -0.1) is 12.4 Å². The van der Waals surface area contributed by atoms with E-state index in [1.54, 1.807) is 0 Å². The summed E-state index contributed by atoms with van der Waals surface area (Å²) in [6.45, 7) is 8.71. The van der Waals surface area contributed by atoms with Crippen LogP contribution in [0.1, 0.15) is 38.8 Å². The molecule has 0 aliphatic carbocycles. The van der Waals surface area contributed by atoms with Gasteiger partial charge in [-0.05, 0) is 38.8 Å². The molecule has 3 heteroatoms. The van der Waals surface area contributed by atoms with Crippen LogP contribution in [0.2, 0.25) is 0 Å². The van der Waals surface area contributed by atoms with Crippen LogP contribution in [0.15, 0.2) is 60.7 Å². The molecule has 114 valence electrons. The molecule has 0 saturated carbocycles. The highest BCUT2D eigenvalue weighted by molar-refractivity contribution is 5.85. The summed E-state index contributed by atoms with van der Waals surface area (Å²) >= 11 is 0. The molecule has 0 aliphatic rings. The van der Waals surface area contributed by atoms with E-state index in [2.05, 4.69) is 87.1 Å². The molecule has 2 N–H and O–H groups in total. The van der Waals surface area contributed by atoms with Crippen LogP contribution in [0, 0.1) is 0 Å². The zero-order valence-corrected chi connectivity index (χ0v) is 14.0. The first-order valence-electron chi connectivity index (χ1n) is 7.07. The molecule has 21 heavy (non-hydrogen) atoms. The molecule has 0 atom stereocenters. The second-order valence-electron chi connectivity index (χ2n) is 6.23. The minimum atomic E-state index is -0.132. The van der Waals surface area contributed by atoms with E-state index >= 15 is 0 Å². The van der Waals surface area contributed by atoms with E-state index in [0.29, 0.717) is 0 Å². The Kier molecular flexibility index (Phi) is 5.97. The average Bonchev–Trinajstić information content (AvgIpc) is 2.47. The van der Waals surface area contributed by atoms with E-state index in [9.17, 15) is 0 Å². The first-order valence-corrected chi connectivity index (χ1v) is 7.07. The van der Waals surface area contributed by atoms with Crippen molar-refractivity contribution in [1.29, 1.82) is 0 Å². The fourth-order valence-electron chi connectivity index (χ4n) is 2.17. The zero-order valence-electron chi connectivity index (χ0n) is 13.2. The number of hydrazine groups is 1. The Morgan fingerprint density at radius 3 is 1.14 bits per heavy atom. The molecule has 2 nitrogen and oxygen atoms in total. The number of halogens is 1. The smallest absolute Gasteiger partial charge is 0.0516 e. The average molecular weight is 305 g/mol. The predicted octanol–water partition coefficient (Wildman–Crippen LogP) is 4.37. The number of rotatable bonds is 5. The first-order chi connectivity index (χ1) is 9.42. The van der Waals surface area contributed by atoms with Gasteiger partial charge in [0.25, 0.3) is 0 Å². The van der Waals surface area contributed by atoms with Crippen molar-refractivity contribution in [3.63, 3.8) is 0 Å². The highest BCUT2D eigenvalue weighted by atomic mass is 35.5. The largest absolute Gasteiger partial charge is 0.247 e. The molecular formula is C18H25ClN2. The standard InChI is InChI=1S/C18H24N2.ClH/c1-17(2,15-11-7-5-8-12-15)19-20-18(3,4)16-13-9-6-10-14-16;/h5-14,19-20H,1-4H3;1H. The SMILES string of the molecule is CC(C)(NNC(C)(C)c1ccccc1)c1ccccc1.Cl. The molecule has 0 radical (unpaired) electrons. The van der Waals surface area contributed by atoms with Crippen LogP contribution < -0.4 is 10.9 Å². The van der Waals surface area contributed by atoms with Crippen LogP contribution in [-0.2, 0) is 11.1 Å². The van der Waals surface area contributed by atoms with Crippen molar-refractivity contribution in [2.24, 2.45) is 0 Å². The molecule has 0 aromatic heterocycles. The molecule has 2 rings (SSSR count). The molecule has 2 aromatic carbocycles. The highest BCUT2D eigenvalue weighted by Gasteiger charge is 2.25. The Balaban J connectivity index is 0.00000220. The van der Waals surface area contributed by atoms with Gasteiger partial charge in [-0.25, -0.2) is 10.9 Å². The van der Waals surface area contributed by atoms with Gasteiger partial charge in [-0.1, -0.05) is 60.7 Å². The number of nitrogens with one attached hydrogen (secondary N) is 2. The summed E-state index contributed by atoms with van der Waals surface area (Å²) in [5.74, 6) is 0. The number of hydrogen-bond donors (Lipinski definition) is 2. The summed E-state index contributed by atoms with van der Waals surface area (Å²) in [7, 11) is 0. The summed E-state index contributed by atoms with van der Waals surface area (Å²) < 4.78 is 0. The second kappa shape index (κ2) is 7.08. The van der Waals surface area contributed by atoms with E-state index in [-0.39, 0.29) is 23.5 Å². The Bertz CT molecular complexity index is 484. The maximum absolute atomic E-state index is 3.46. The summed E-state index contributed by atoms with van der Waals surface area (Å²) in [5, 5.41) is 0. The minimum absolute atomic E-state index is 0. The molecule has 2 aromatic rings. The van der Waals surface area contributed by atoms with Gasteiger partial charge in [0.15, 0.2) is 0 Å². The molecule has 0 amide bonds. The maximum atomic E-state index is 3.46. The van der Waals surface area contributed by atoms with Gasteiger partial charge in [0.1, 0.15) is 0 Å². The lowest BCUT2D eigenvalue weighted by atomic mass is 9.93. The topological polar surface area (TPSA) is 24.1 Å². The lowest BCUT2D eigenvalue weighted by Crippen LogP contribution is -2.53. The quantitative estimate of drug-likeness (QED) is 0.801. The van der Waals surface area contributed by atoms with Crippen molar-refractivity contribution in [3.8, 4) is 0 Å². The number of hydrogen-bond acceptors (Lipinski definition) is 2. The van der Waals surface area contributed by atoms with Crippen LogP contribution in [0.3, 0.4) is 0 Å². The van der Waals surface area contributed by atoms with Crippen molar-refractivity contribution < 1.29 is 0 Å². The highest BCUT2D eigenvalue weighted by Crippen LogP contribution is 2.22. The van der Waals surface area contributed by atoms with Gasteiger partial charge >= 0.3 is 0 Å². The van der Waals surface area contributed by atoms with Gasteiger partial charge in [-0.2, -0.15) is 0 Å². The normalized spacial score (nSPS) is 11.8. The Morgan fingerprint density at radius 1 is 0.571 bits per heavy atom. The zero-order chi connectivity index (χ0) is 14.6. The van der Waals surface area contributed by atoms with E-state index < -0.39 is 0 Å². The summed E-state index contributed by atoms with van der Waals surface area (Å²) in [5.41, 5.74) is 9.19. The van der Waals surface area contributed by atoms with Crippen LogP contribution in [0.4, 0.5) is 0 Å². The number of benzene rings is 2. The molecule has 0 aliphatic heterocycles. The van der Waals surface area contributed by atoms with Crippen LogP contribution in [0.5, 0.6) is 0 Å². The maximum Gasteiger partial charge on any atom is 0.0516 e. The fourth-order valence-corrected chi connectivity index (χ4v) is 2.17. The monoisotopic (exact) mass is 304 g/mol. The van der Waals surface area contributed by atoms with E-state index in [4.69, 9.17) is 0 Å². The van der Waals surface area contributed by atoms with Gasteiger partial charge in [0.05, 0.1) is 11.1 Å². The van der Waals surface area contributed by atoms with E-state index in [1.807, 2.05) is 12.1 Å². The fraction of sp³-hybridized carbons (Fsp3) is 0.333. The Labute approximate surface area is 134 Å². The summed E-state index contributed by atoms with van der Waals surface area (Å²) in [4.78, 5) is 0. The van der Waals surface area contributed by atoms with Crippen molar-refractivity contribution in [2.45, 2.75) is 38.8 Å². The van der Waals surface area contributed by atoms with E-state index in [0.717, 1.165) is 0 Å². The third kappa shape index (κ3) is 4.57. The van der Waals surface area contributed by atoms with Crippen LogP contribution in [0.25, 0.3) is 0 Å². The van der Waals surface area contributed by atoms with Gasteiger partial charge in [-0.3, -0.25) is 0 Å². The molecule has 0 bridgehead atoms. The minimum Gasteiger partial charge on any atom is -0.247 e. The van der Waals surface area contributed by atoms with Crippen molar-refractivity contribution in [1.82, 2.24) is 10.9 Å². The second-order valence-corrected chi connectivity index (χ2v) is 6.23. The van der Waals surface area contributed by atoms with Crippen molar-refractivity contribution in [3.05, 3.63) is 71.8 Å². The summed E-state index contributed by atoms with van der Waals surface area (Å²) in [6.07, 6.45) is 0. The third-order valence-corrected chi connectivity index (χ3v) is 3.68. The van der Waals surface area contributed by atoms with Crippen LogP contribution >= 0.6 is 12.4 Å². The van der Waals surface area contributed by atoms with Crippen molar-refractivity contribution >= 4 is 12.4 Å². The molecule has 0 fully saturated rings. The molecule has 0 spiro atoms. The van der Waals surface area contributed by atoms with Gasteiger partial charge in [0.2, 0.25) is 0 Å². The van der Waals surface area contributed by atoms with Gasteiger partial charge < -0.3 is 0 Å². The van der Waals surface area contributed by atoms with Crippen LogP contribution in [-0.4, -0.2) is 0 Å². The lowest BCUT2D eigenvalue weighted by molar-refractivity contribution is 0.250. The Hall–Kier alpha value is -1.35. The lowest BCUT2D eigenvalue weighted by Gasteiger charge is -2.34. The predicted molar refractivity (Wildman–Crippen MR) is 92.5 cm³/mol. The molecule has 0 saturated heterocycles. The first kappa shape index (κ1) is 17.7. The Morgan fingerprint density at radius 2 is 0.857 bits per heavy atom. The third-order valence-electron chi connectivity index (χ3n) is 3.68. The molecule has 0 unspecified atom stereocenters. The van der Waals surface area contributed by atoms with Crippen molar-refractivity contribution in [2.75, 3.05) is 0 Å². The summed E-state index contributed by atoms with van der Waals surface area (Å²) in [6, 6.07) is 20.9. The van der Waals surface area contributed by atoms with Gasteiger partial charge in [0, 0.05) is 0 Å². The molecular weight excluding hydrogens is 280 g/mol. The van der Waals surface area contributed by atoms with E-state index in [1.165, 1.54) is 11.1 Å².